The van der Waals surface area contributed by atoms with Crippen molar-refractivity contribution in [3.63, 3.8) is 0 Å². The molecule has 106 valence electrons. The Bertz CT molecular complexity index is 372. The zero-order valence-corrected chi connectivity index (χ0v) is 12.2. The zero-order chi connectivity index (χ0) is 13.2. The Kier molecular flexibility index (Phi) is 4.64. The van der Waals surface area contributed by atoms with Gasteiger partial charge < -0.3 is 5.32 Å². The van der Waals surface area contributed by atoms with Gasteiger partial charge in [0.25, 0.3) is 10.2 Å². The van der Waals surface area contributed by atoms with Gasteiger partial charge in [0.15, 0.2) is 0 Å². The quantitative estimate of drug-likeness (QED) is 0.791. The highest BCUT2D eigenvalue weighted by Crippen LogP contribution is 2.19. The van der Waals surface area contributed by atoms with Crippen LogP contribution in [0.2, 0.25) is 0 Å². The van der Waals surface area contributed by atoms with Crippen molar-refractivity contribution in [2.24, 2.45) is 11.8 Å². The first-order chi connectivity index (χ1) is 8.49. The van der Waals surface area contributed by atoms with Gasteiger partial charge in [-0.15, -0.1) is 0 Å². The average Bonchev–Trinajstić information content (AvgIpc) is 2.32. The van der Waals surface area contributed by atoms with Gasteiger partial charge in [0, 0.05) is 25.7 Å². The van der Waals surface area contributed by atoms with E-state index in [1.165, 1.54) is 0 Å². The summed E-state index contributed by atoms with van der Waals surface area (Å²) in [7, 11) is -3.31. The van der Waals surface area contributed by atoms with Crippen molar-refractivity contribution in [2.75, 3.05) is 26.2 Å². The lowest BCUT2D eigenvalue weighted by Gasteiger charge is -2.35. The van der Waals surface area contributed by atoms with Crippen LogP contribution in [0.1, 0.15) is 33.1 Å². The van der Waals surface area contributed by atoms with Crippen LogP contribution >= 0.6 is 0 Å². The van der Waals surface area contributed by atoms with E-state index < -0.39 is 10.2 Å². The van der Waals surface area contributed by atoms with Gasteiger partial charge in [-0.05, 0) is 37.6 Å². The van der Waals surface area contributed by atoms with Crippen LogP contribution in [-0.2, 0) is 10.2 Å². The van der Waals surface area contributed by atoms with Crippen molar-refractivity contribution in [3.05, 3.63) is 0 Å². The van der Waals surface area contributed by atoms with Gasteiger partial charge in [-0.1, -0.05) is 13.8 Å². The Morgan fingerprint density at radius 3 is 2.72 bits per heavy atom. The van der Waals surface area contributed by atoms with Gasteiger partial charge >= 0.3 is 0 Å². The van der Waals surface area contributed by atoms with Crippen molar-refractivity contribution in [1.82, 2.24) is 14.3 Å². The Balaban J connectivity index is 1.97. The molecule has 2 heterocycles. The van der Waals surface area contributed by atoms with E-state index in [-0.39, 0.29) is 6.04 Å². The summed E-state index contributed by atoms with van der Waals surface area (Å²) in [6, 6.07) is 0.0287. The minimum absolute atomic E-state index is 0.0287. The lowest BCUT2D eigenvalue weighted by molar-refractivity contribution is 0.267. The third kappa shape index (κ3) is 3.44. The molecule has 2 N–H and O–H groups in total. The second kappa shape index (κ2) is 5.86. The van der Waals surface area contributed by atoms with E-state index in [0.29, 0.717) is 24.9 Å². The van der Waals surface area contributed by atoms with Crippen LogP contribution < -0.4 is 10.0 Å². The number of nitrogens with one attached hydrogen (secondary N) is 2. The van der Waals surface area contributed by atoms with Crippen LogP contribution in [0.4, 0.5) is 0 Å². The summed E-state index contributed by atoms with van der Waals surface area (Å²) < 4.78 is 29.1. The van der Waals surface area contributed by atoms with Gasteiger partial charge in [0.05, 0.1) is 0 Å². The first-order valence-corrected chi connectivity index (χ1v) is 8.41. The molecule has 2 aliphatic rings. The molecule has 2 saturated heterocycles. The largest absolute Gasteiger partial charge is 0.315 e. The number of piperidine rings is 2. The minimum atomic E-state index is -3.31. The van der Waals surface area contributed by atoms with Gasteiger partial charge in [0.2, 0.25) is 0 Å². The van der Waals surface area contributed by atoms with Crippen LogP contribution in [-0.4, -0.2) is 44.9 Å². The van der Waals surface area contributed by atoms with Crippen molar-refractivity contribution in [3.8, 4) is 0 Å². The van der Waals surface area contributed by atoms with E-state index in [2.05, 4.69) is 23.9 Å². The normalized spacial score (nSPS) is 35.6. The van der Waals surface area contributed by atoms with Crippen LogP contribution in [0.25, 0.3) is 0 Å². The summed E-state index contributed by atoms with van der Waals surface area (Å²) in [6.07, 6.45) is 3.14. The molecular formula is C12H25N3O2S. The lowest BCUT2D eigenvalue weighted by Crippen LogP contribution is -2.55. The topological polar surface area (TPSA) is 61.4 Å². The van der Waals surface area contributed by atoms with Crippen molar-refractivity contribution < 1.29 is 8.42 Å². The number of hydrogen-bond acceptors (Lipinski definition) is 3. The minimum Gasteiger partial charge on any atom is -0.315 e. The summed E-state index contributed by atoms with van der Waals surface area (Å²) in [5.74, 6) is 0.875. The van der Waals surface area contributed by atoms with E-state index in [9.17, 15) is 8.42 Å². The molecule has 5 nitrogen and oxygen atoms in total. The molecule has 0 spiro atoms. The van der Waals surface area contributed by atoms with Crippen LogP contribution in [0.15, 0.2) is 0 Å². The van der Waals surface area contributed by atoms with Crippen LogP contribution in [0.3, 0.4) is 0 Å². The molecule has 2 fully saturated rings. The number of nitrogens with zero attached hydrogens (tertiary/aromatic N) is 1. The predicted octanol–water partition coefficient (Wildman–Crippen LogP) is 0.551. The number of hydrogen-bond donors (Lipinski definition) is 2. The van der Waals surface area contributed by atoms with E-state index in [0.717, 1.165) is 32.4 Å². The second-order valence-corrected chi connectivity index (χ2v) is 7.51. The molecular weight excluding hydrogens is 250 g/mol. The monoisotopic (exact) mass is 275 g/mol. The smallest absolute Gasteiger partial charge is 0.279 e. The first kappa shape index (κ1) is 14.2. The SMILES string of the molecule is CC1CCCN(S(=O)(=O)NC2CNCCC2C)C1. The lowest BCUT2D eigenvalue weighted by atomic mass is 9.96. The highest BCUT2D eigenvalue weighted by molar-refractivity contribution is 7.87. The maximum Gasteiger partial charge on any atom is 0.279 e. The van der Waals surface area contributed by atoms with E-state index in [1.54, 1.807) is 4.31 Å². The summed E-state index contributed by atoms with van der Waals surface area (Å²) >= 11 is 0. The van der Waals surface area contributed by atoms with Gasteiger partial charge in [0.1, 0.15) is 0 Å². The van der Waals surface area contributed by atoms with Crippen molar-refractivity contribution in [2.45, 2.75) is 39.2 Å². The fourth-order valence-electron chi connectivity index (χ4n) is 2.78. The number of rotatable bonds is 3. The molecule has 0 saturated carbocycles. The van der Waals surface area contributed by atoms with Gasteiger partial charge in [-0.3, -0.25) is 0 Å². The molecule has 0 amide bonds. The van der Waals surface area contributed by atoms with Crippen LogP contribution in [0, 0.1) is 11.8 Å². The highest BCUT2D eigenvalue weighted by atomic mass is 32.2. The molecule has 0 aromatic rings. The standard InChI is InChI=1S/C12H25N3O2S/c1-10-4-3-7-15(9-10)18(16,17)14-12-8-13-6-5-11(12)2/h10-14H,3-9H2,1-2H3. The maximum atomic E-state index is 12.3. The Labute approximate surface area is 110 Å². The fraction of sp³-hybridized carbons (Fsp3) is 1.00. The second-order valence-electron chi connectivity index (χ2n) is 5.80. The van der Waals surface area contributed by atoms with Crippen molar-refractivity contribution in [1.29, 1.82) is 0 Å². The predicted molar refractivity (Wildman–Crippen MR) is 72.5 cm³/mol. The van der Waals surface area contributed by atoms with E-state index >= 15 is 0 Å². The Morgan fingerprint density at radius 2 is 2.06 bits per heavy atom. The Hall–Kier alpha value is -0.170. The molecule has 0 aliphatic carbocycles. The van der Waals surface area contributed by atoms with Crippen molar-refractivity contribution >= 4 is 10.2 Å². The average molecular weight is 275 g/mol. The van der Waals surface area contributed by atoms with E-state index in [1.807, 2.05) is 0 Å². The molecule has 6 heteroatoms. The summed E-state index contributed by atoms with van der Waals surface area (Å²) in [6.45, 7) is 7.28. The molecule has 2 rings (SSSR count). The summed E-state index contributed by atoms with van der Waals surface area (Å²) in [5, 5.41) is 3.25. The maximum absolute atomic E-state index is 12.3. The van der Waals surface area contributed by atoms with Gasteiger partial charge in [-0.25, -0.2) is 0 Å². The Morgan fingerprint density at radius 1 is 1.28 bits per heavy atom. The molecule has 3 atom stereocenters. The summed E-state index contributed by atoms with van der Waals surface area (Å²) in [5.41, 5.74) is 0. The van der Waals surface area contributed by atoms with Crippen LogP contribution in [0.5, 0.6) is 0 Å². The first-order valence-electron chi connectivity index (χ1n) is 6.97. The van der Waals surface area contributed by atoms with E-state index in [4.69, 9.17) is 0 Å². The molecule has 0 aromatic heterocycles. The third-order valence-electron chi connectivity index (χ3n) is 4.09. The molecule has 0 radical (unpaired) electrons. The molecule has 0 bridgehead atoms. The fourth-order valence-corrected chi connectivity index (χ4v) is 4.45. The third-order valence-corrected chi connectivity index (χ3v) is 5.70. The van der Waals surface area contributed by atoms with Gasteiger partial charge in [-0.2, -0.15) is 17.4 Å². The summed E-state index contributed by atoms with van der Waals surface area (Å²) in [4.78, 5) is 0. The zero-order valence-electron chi connectivity index (χ0n) is 11.4. The molecule has 0 aromatic carbocycles. The molecule has 3 unspecified atom stereocenters. The molecule has 18 heavy (non-hydrogen) atoms. The highest BCUT2D eigenvalue weighted by Gasteiger charge is 2.31. The molecule has 2 aliphatic heterocycles.